The number of methoxy groups -OCH3 is 2. The number of piperidine rings is 1. The second-order valence-corrected chi connectivity index (χ2v) is 8.30. The summed E-state index contributed by atoms with van der Waals surface area (Å²) in [7, 11) is 3.25. The summed E-state index contributed by atoms with van der Waals surface area (Å²) >= 11 is 5.98. The largest absolute Gasteiger partial charge is 0.497 e. The molecule has 0 saturated carbocycles. The number of rotatable bonds is 9. The van der Waals surface area contributed by atoms with Crippen LogP contribution in [0.5, 0.6) is 11.5 Å². The molecule has 1 aliphatic heterocycles. The van der Waals surface area contributed by atoms with Gasteiger partial charge in [0.25, 0.3) is 0 Å². The number of carbonyl (C=O) groups is 1. The molecular weight excluding hydrogens is 400 g/mol. The summed E-state index contributed by atoms with van der Waals surface area (Å²) in [6.07, 6.45) is 3.85. The zero-order valence-corrected chi connectivity index (χ0v) is 18.6. The molecule has 1 fully saturated rings. The Morgan fingerprint density at radius 3 is 2.70 bits per heavy atom. The van der Waals surface area contributed by atoms with E-state index in [0.29, 0.717) is 18.9 Å². The number of hydrogen-bond donors (Lipinski definition) is 1. The van der Waals surface area contributed by atoms with Gasteiger partial charge >= 0.3 is 0 Å². The minimum absolute atomic E-state index is 0.0858. The minimum Gasteiger partial charge on any atom is -0.497 e. The molecular formula is C24H31ClN2O3. The van der Waals surface area contributed by atoms with E-state index in [4.69, 9.17) is 21.1 Å². The molecule has 6 heteroatoms. The van der Waals surface area contributed by atoms with E-state index in [2.05, 4.69) is 22.3 Å². The molecule has 0 unspecified atom stereocenters. The molecule has 0 aromatic heterocycles. The smallest absolute Gasteiger partial charge is 0.220 e. The fourth-order valence-electron chi connectivity index (χ4n) is 3.99. The Labute approximate surface area is 184 Å². The van der Waals surface area contributed by atoms with E-state index in [-0.39, 0.29) is 5.91 Å². The lowest BCUT2D eigenvalue weighted by molar-refractivity contribution is -0.121. The van der Waals surface area contributed by atoms with Crippen molar-refractivity contribution in [3.63, 3.8) is 0 Å². The van der Waals surface area contributed by atoms with Crippen LogP contribution < -0.4 is 14.8 Å². The summed E-state index contributed by atoms with van der Waals surface area (Å²) in [6, 6.07) is 13.7. The van der Waals surface area contributed by atoms with Gasteiger partial charge in [-0.15, -0.1) is 0 Å². The van der Waals surface area contributed by atoms with Crippen molar-refractivity contribution >= 4 is 17.5 Å². The van der Waals surface area contributed by atoms with Crippen LogP contribution in [-0.2, 0) is 17.9 Å². The molecule has 2 aromatic carbocycles. The third kappa shape index (κ3) is 6.64. The summed E-state index contributed by atoms with van der Waals surface area (Å²) in [5, 5.41) is 3.79. The van der Waals surface area contributed by atoms with Crippen LogP contribution in [0.3, 0.4) is 0 Å². The predicted octanol–water partition coefficient (Wildman–Crippen LogP) is 4.67. The quantitative estimate of drug-likeness (QED) is 0.628. The highest BCUT2D eigenvalue weighted by Gasteiger charge is 2.20. The van der Waals surface area contributed by atoms with E-state index in [9.17, 15) is 4.79 Å². The van der Waals surface area contributed by atoms with E-state index < -0.39 is 0 Å². The van der Waals surface area contributed by atoms with Gasteiger partial charge in [-0.25, -0.2) is 0 Å². The predicted molar refractivity (Wildman–Crippen MR) is 120 cm³/mol. The number of nitrogens with one attached hydrogen (secondary N) is 1. The van der Waals surface area contributed by atoms with Gasteiger partial charge in [0.2, 0.25) is 5.91 Å². The van der Waals surface area contributed by atoms with E-state index in [1.165, 1.54) is 18.4 Å². The molecule has 1 atom stereocenters. The van der Waals surface area contributed by atoms with E-state index in [0.717, 1.165) is 48.1 Å². The fourth-order valence-corrected chi connectivity index (χ4v) is 4.12. The van der Waals surface area contributed by atoms with Crippen LogP contribution in [-0.4, -0.2) is 38.1 Å². The normalized spacial score (nSPS) is 16.8. The van der Waals surface area contributed by atoms with Crippen LogP contribution in [0.4, 0.5) is 0 Å². The first-order valence-electron chi connectivity index (χ1n) is 10.5. The lowest BCUT2D eigenvalue weighted by Crippen LogP contribution is -2.35. The van der Waals surface area contributed by atoms with Crippen LogP contribution in [0.1, 0.15) is 36.8 Å². The van der Waals surface area contributed by atoms with Gasteiger partial charge in [0.15, 0.2) is 0 Å². The number of nitrogens with zero attached hydrogens (tertiary/aromatic N) is 1. The first kappa shape index (κ1) is 22.4. The summed E-state index contributed by atoms with van der Waals surface area (Å²) in [6.45, 7) is 3.56. The van der Waals surface area contributed by atoms with Gasteiger partial charge in [-0.1, -0.05) is 23.7 Å². The molecule has 3 rings (SSSR count). The Morgan fingerprint density at radius 2 is 1.97 bits per heavy atom. The molecule has 1 aliphatic rings. The lowest BCUT2D eigenvalue weighted by atomic mass is 9.93. The van der Waals surface area contributed by atoms with Gasteiger partial charge in [-0.3, -0.25) is 9.69 Å². The first-order valence-corrected chi connectivity index (χ1v) is 10.9. The molecule has 0 radical (unpaired) electrons. The van der Waals surface area contributed by atoms with Gasteiger partial charge in [0, 0.05) is 42.7 Å². The molecule has 0 aliphatic carbocycles. The maximum atomic E-state index is 12.4. The molecule has 162 valence electrons. The van der Waals surface area contributed by atoms with Crippen molar-refractivity contribution in [2.24, 2.45) is 5.92 Å². The third-order valence-corrected chi connectivity index (χ3v) is 5.92. The monoisotopic (exact) mass is 430 g/mol. The van der Waals surface area contributed by atoms with Crippen molar-refractivity contribution < 1.29 is 14.3 Å². The van der Waals surface area contributed by atoms with Crippen molar-refractivity contribution in [1.82, 2.24) is 10.2 Å². The topological polar surface area (TPSA) is 50.8 Å². The second kappa shape index (κ2) is 11.2. The second-order valence-electron chi connectivity index (χ2n) is 7.86. The van der Waals surface area contributed by atoms with Crippen molar-refractivity contribution in [1.29, 1.82) is 0 Å². The summed E-state index contributed by atoms with van der Waals surface area (Å²) < 4.78 is 10.6. The zero-order valence-electron chi connectivity index (χ0n) is 17.8. The van der Waals surface area contributed by atoms with Gasteiger partial charge in [-0.05, 0) is 61.6 Å². The highest BCUT2D eigenvalue weighted by Crippen LogP contribution is 2.25. The van der Waals surface area contributed by atoms with Crippen molar-refractivity contribution in [3.8, 4) is 11.5 Å². The van der Waals surface area contributed by atoms with Gasteiger partial charge in [-0.2, -0.15) is 0 Å². The molecule has 0 spiro atoms. The summed E-state index contributed by atoms with van der Waals surface area (Å²) in [4.78, 5) is 14.9. The van der Waals surface area contributed by atoms with Crippen LogP contribution in [0.2, 0.25) is 5.02 Å². The molecule has 1 amide bonds. The van der Waals surface area contributed by atoms with Gasteiger partial charge in [0.1, 0.15) is 11.5 Å². The van der Waals surface area contributed by atoms with E-state index in [1.54, 1.807) is 14.2 Å². The van der Waals surface area contributed by atoms with Crippen LogP contribution in [0.25, 0.3) is 0 Å². The SMILES string of the molecule is COc1ccc(CNC(=O)CC[C@H]2CCCN(Cc3ccc(Cl)cc3)C2)c(OC)c1. The first-order chi connectivity index (χ1) is 14.6. The van der Waals surface area contributed by atoms with Crippen LogP contribution >= 0.6 is 11.6 Å². The number of benzene rings is 2. The Hall–Kier alpha value is -2.24. The van der Waals surface area contributed by atoms with Crippen molar-refractivity contribution in [3.05, 3.63) is 58.6 Å². The van der Waals surface area contributed by atoms with Gasteiger partial charge in [0.05, 0.1) is 14.2 Å². The van der Waals surface area contributed by atoms with Crippen LogP contribution in [0.15, 0.2) is 42.5 Å². The Bertz CT molecular complexity index is 826. The van der Waals surface area contributed by atoms with Gasteiger partial charge < -0.3 is 14.8 Å². The lowest BCUT2D eigenvalue weighted by Gasteiger charge is -2.32. The zero-order chi connectivity index (χ0) is 21.3. The number of halogens is 1. The average molecular weight is 431 g/mol. The van der Waals surface area contributed by atoms with E-state index in [1.807, 2.05) is 30.3 Å². The summed E-state index contributed by atoms with van der Waals surface area (Å²) in [5.74, 6) is 2.11. The third-order valence-electron chi connectivity index (χ3n) is 5.67. The van der Waals surface area contributed by atoms with Crippen molar-refractivity contribution in [2.45, 2.75) is 38.8 Å². The Morgan fingerprint density at radius 1 is 1.17 bits per heavy atom. The molecule has 1 saturated heterocycles. The fraction of sp³-hybridized carbons (Fsp3) is 0.458. The summed E-state index contributed by atoms with van der Waals surface area (Å²) in [5.41, 5.74) is 2.23. The standard InChI is InChI=1S/C24H31ClN2O3/c1-29-22-11-8-20(23(14-22)30-2)15-26-24(28)12-7-18-4-3-13-27(16-18)17-19-5-9-21(25)10-6-19/h5-6,8-11,14,18H,3-4,7,12-13,15-17H2,1-2H3,(H,26,28)/t18-/m1/s1. The molecule has 30 heavy (non-hydrogen) atoms. The van der Waals surface area contributed by atoms with E-state index >= 15 is 0 Å². The maximum absolute atomic E-state index is 12.4. The van der Waals surface area contributed by atoms with Crippen LogP contribution in [0, 0.1) is 5.92 Å². The molecule has 2 aromatic rings. The Kier molecular flexibility index (Phi) is 8.40. The highest BCUT2D eigenvalue weighted by atomic mass is 35.5. The molecule has 0 bridgehead atoms. The highest BCUT2D eigenvalue weighted by molar-refractivity contribution is 6.30. The molecule has 1 N–H and O–H groups in total. The number of likely N-dealkylation sites (tertiary alicyclic amines) is 1. The number of carbonyl (C=O) groups excluding carboxylic acids is 1. The number of hydrogen-bond acceptors (Lipinski definition) is 4. The Balaban J connectivity index is 1.42. The van der Waals surface area contributed by atoms with Crippen molar-refractivity contribution in [2.75, 3.05) is 27.3 Å². The minimum atomic E-state index is 0.0858. The number of amides is 1. The maximum Gasteiger partial charge on any atom is 0.220 e. The number of ether oxygens (including phenoxy) is 2. The molecule has 1 heterocycles. The average Bonchev–Trinajstić information content (AvgIpc) is 2.78. The molecule has 5 nitrogen and oxygen atoms in total.